The molecule has 1 saturated heterocycles. The zero-order valence-electron chi connectivity index (χ0n) is 9.93. The summed E-state index contributed by atoms with van der Waals surface area (Å²) in [5.41, 5.74) is -0.913. The van der Waals surface area contributed by atoms with Crippen LogP contribution in [0.15, 0.2) is 18.2 Å². The van der Waals surface area contributed by atoms with Gasteiger partial charge in [-0.3, -0.25) is 0 Å². The molecule has 1 aliphatic heterocycles. The average molecular weight is 276 g/mol. The highest BCUT2D eigenvalue weighted by molar-refractivity contribution is 5.74. The van der Waals surface area contributed by atoms with Crippen LogP contribution in [0.5, 0.6) is 0 Å². The van der Waals surface area contributed by atoms with Crippen LogP contribution in [-0.2, 0) is 12.7 Å². The predicted octanol–water partition coefficient (Wildman–Crippen LogP) is 2.76. The minimum Gasteiger partial charge on any atom is -0.338 e. The first-order chi connectivity index (χ1) is 8.86. The molecule has 1 aromatic carbocycles. The van der Waals surface area contributed by atoms with Gasteiger partial charge in [-0.15, -0.1) is 0 Å². The summed E-state index contributed by atoms with van der Waals surface area (Å²) in [7, 11) is 0. The summed E-state index contributed by atoms with van der Waals surface area (Å²) in [6.07, 6.45) is -3.88. The molecule has 0 aliphatic carbocycles. The second-order valence-electron chi connectivity index (χ2n) is 4.35. The summed E-state index contributed by atoms with van der Waals surface area (Å²) in [5.74, 6) is -0.956. The van der Waals surface area contributed by atoms with Gasteiger partial charge in [0.15, 0.2) is 0 Å². The second kappa shape index (κ2) is 5.07. The van der Waals surface area contributed by atoms with Crippen molar-refractivity contribution in [1.29, 1.82) is 0 Å². The highest BCUT2D eigenvalue weighted by Crippen LogP contribution is 2.30. The van der Waals surface area contributed by atoms with Gasteiger partial charge in [-0.1, -0.05) is 0 Å². The highest BCUT2D eigenvalue weighted by atomic mass is 19.4. The van der Waals surface area contributed by atoms with E-state index < -0.39 is 17.6 Å². The predicted molar refractivity (Wildman–Crippen MR) is 59.8 cm³/mol. The lowest BCUT2D eigenvalue weighted by molar-refractivity contribution is -0.137. The summed E-state index contributed by atoms with van der Waals surface area (Å²) in [5, 5.41) is 2.58. The Morgan fingerprint density at radius 3 is 2.63 bits per heavy atom. The molecule has 1 aromatic rings. The van der Waals surface area contributed by atoms with Gasteiger partial charge in [0.2, 0.25) is 0 Å². The van der Waals surface area contributed by atoms with Crippen LogP contribution in [0, 0.1) is 5.82 Å². The fourth-order valence-electron chi connectivity index (χ4n) is 1.96. The van der Waals surface area contributed by atoms with Crippen molar-refractivity contribution in [3.63, 3.8) is 0 Å². The third-order valence-corrected chi connectivity index (χ3v) is 2.83. The molecule has 1 aliphatic rings. The van der Waals surface area contributed by atoms with Crippen LogP contribution in [0.4, 0.5) is 22.4 Å². The molecule has 19 heavy (non-hydrogen) atoms. The smallest absolute Gasteiger partial charge is 0.338 e. The maximum atomic E-state index is 13.2. The maximum Gasteiger partial charge on any atom is 0.416 e. The molecular formula is C12H12F4N2O. The number of urea groups is 1. The van der Waals surface area contributed by atoms with Crippen molar-refractivity contribution in [2.45, 2.75) is 19.1 Å². The fraction of sp³-hybridized carbons (Fsp3) is 0.417. The van der Waals surface area contributed by atoms with Gasteiger partial charge in [0.1, 0.15) is 5.82 Å². The molecule has 0 spiro atoms. The van der Waals surface area contributed by atoms with Gasteiger partial charge in [0, 0.05) is 19.6 Å². The third kappa shape index (κ3) is 3.36. The number of benzene rings is 1. The number of halogens is 4. The molecule has 2 amide bonds. The van der Waals surface area contributed by atoms with Gasteiger partial charge in [0.25, 0.3) is 0 Å². The first-order valence-corrected chi connectivity index (χ1v) is 5.76. The zero-order chi connectivity index (χ0) is 14.0. The van der Waals surface area contributed by atoms with Crippen molar-refractivity contribution >= 4 is 6.03 Å². The fourth-order valence-corrected chi connectivity index (χ4v) is 1.96. The Kier molecular flexibility index (Phi) is 3.64. The number of carbonyl (C=O) groups excluding carboxylic acids is 1. The molecule has 7 heteroatoms. The van der Waals surface area contributed by atoms with Crippen LogP contribution in [0.25, 0.3) is 0 Å². The monoisotopic (exact) mass is 276 g/mol. The SMILES string of the molecule is O=C1NCCCN1Cc1cc(F)cc(C(F)(F)F)c1. The summed E-state index contributed by atoms with van der Waals surface area (Å²) in [6, 6.07) is 1.98. The van der Waals surface area contributed by atoms with Gasteiger partial charge in [-0.05, 0) is 30.2 Å². The normalized spacial score (nSPS) is 16.4. The van der Waals surface area contributed by atoms with Crippen LogP contribution >= 0.6 is 0 Å². The van der Waals surface area contributed by atoms with Crippen molar-refractivity contribution in [3.8, 4) is 0 Å². The molecule has 0 atom stereocenters. The molecule has 2 rings (SSSR count). The first-order valence-electron chi connectivity index (χ1n) is 5.76. The number of alkyl halides is 3. The summed E-state index contributed by atoms with van der Waals surface area (Å²) >= 11 is 0. The molecule has 3 nitrogen and oxygen atoms in total. The van der Waals surface area contributed by atoms with Crippen molar-refractivity contribution in [2.75, 3.05) is 13.1 Å². The van der Waals surface area contributed by atoms with Gasteiger partial charge in [-0.25, -0.2) is 9.18 Å². The van der Waals surface area contributed by atoms with Gasteiger partial charge in [0.05, 0.1) is 5.56 Å². The van der Waals surface area contributed by atoms with Crippen molar-refractivity contribution < 1.29 is 22.4 Å². The Hall–Kier alpha value is -1.79. The summed E-state index contributed by atoms with van der Waals surface area (Å²) < 4.78 is 50.8. The number of hydrogen-bond acceptors (Lipinski definition) is 1. The lowest BCUT2D eigenvalue weighted by Gasteiger charge is -2.27. The van der Waals surface area contributed by atoms with Crippen LogP contribution in [0.2, 0.25) is 0 Å². The molecule has 1 heterocycles. The van der Waals surface area contributed by atoms with E-state index in [1.54, 1.807) is 0 Å². The van der Waals surface area contributed by atoms with Crippen molar-refractivity contribution in [1.82, 2.24) is 10.2 Å². The van der Waals surface area contributed by atoms with Crippen LogP contribution in [0.1, 0.15) is 17.5 Å². The number of amides is 2. The first kappa shape index (κ1) is 13.6. The molecule has 1 fully saturated rings. The van der Waals surface area contributed by atoms with E-state index in [1.165, 1.54) is 4.90 Å². The van der Waals surface area contributed by atoms with Crippen molar-refractivity contribution in [2.24, 2.45) is 0 Å². The minimum atomic E-state index is -4.60. The van der Waals surface area contributed by atoms with E-state index in [-0.39, 0.29) is 18.1 Å². The molecule has 0 radical (unpaired) electrons. The topological polar surface area (TPSA) is 32.3 Å². The molecule has 0 aromatic heterocycles. The molecular weight excluding hydrogens is 264 g/mol. The molecule has 104 valence electrons. The van der Waals surface area contributed by atoms with Crippen molar-refractivity contribution in [3.05, 3.63) is 35.1 Å². The number of nitrogens with one attached hydrogen (secondary N) is 1. The van der Waals surface area contributed by atoms with E-state index in [0.717, 1.165) is 12.1 Å². The van der Waals surface area contributed by atoms with E-state index >= 15 is 0 Å². The number of nitrogens with zero attached hydrogens (tertiary/aromatic N) is 1. The Balaban J connectivity index is 2.20. The molecule has 1 N–H and O–H groups in total. The average Bonchev–Trinajstić information content (AvgIpc) is 2.30. The summed E-state index contributed by atoms with van der Waals surface area (Å²) in [4.78, 5) is 12.8. The lowest BCUT2D eigenvalue weighted by Crippen LogP contribution is -2.45. The highest BCUT2D eigenvalue weighted by Gasteiger charge is 2.31. The molecule has 0 unspecified atom stereocenters. The van der Waals surface area contributed by atoms with E-state index in [2.05, 4.69) is 5.32 Å². The van der Waals surface area contributed by atoms with Gasteiger partial charge in [-0.2, -0.15) is 13.2 Å². The Morgan fingerprint density at radius 1 is 1.26 bits per heavy atom. The van der Waals surface area contributed by atoms with Crippen LogP contribution in [-0.4, -0.2) is 24.0 Å². The Bertz CT molecular complexity index is 487. The van der Waals surface area contributed by atoms with E-state index in [1.807, 2.05) is 0 Å². The number of rotatable bonds is 2. The zero-order valence-corrected chi connectivity index (χ0v) is 9.93. The maximum absolute atomic E-state index is 13.2. The van der Waals surface area contributed by atoms with E-state index in [0.29, 0.717) is 25.6 Å². The third-order valence-electron chi connectivity index (χ3n) is 2.83. The van der Waals surface area contributed by atoms with Crippen LogP contribution in [0.3, 0.4) is 0 Å². The molecule has 0 saturated carbocycles. The van der Waals surface area contributed by atoms with E-state index in [9.17, 15) is 22.4 Å². The number of hydrogen-bond donors (Lipinski definition) is 1. The minimum absolute atomic E-state index is 0.0350. The van der Waals surface area contributed by atoms with Gasteiger partial charge >= 0.3 is 12.2 Å². The standard InChI is InChI=1S/C12H12F4N2O/c13-10-5-8(4-9(6-10)12(14,15)16)7-18-3-1-2-17-11(18)19/h4-6H,1-3,7H2,(H,17,19). The quantitative estimate of drug-likeness (QED) is 0.828. The second-order valence-corrected chi connectivity index (χ2v) is 4.35. The Morgan fingerprint density at radius 2 is 2.00 bits per heavy atom. The lowest BCUT2D eigenvalue weighted by atomic mass is 10.1. The Labute approximate surface area is 107 Å². The largest absolute Gasteiger partial charge is 0.416 e. The van der Waals surface area contributed by atoms with E-state index in [4.69, 9.17) is 0 Å². The van der Waals surface area contributed by atoms with Crippen LogP contribution < -0.4 is 5.32 Å². The summed E-state index contributed by atoms with van der Waals surface area (Å²) in [6.45, 7) is 0.961. The molecule has 0 bridgehead atoms. The van der Waals surface area contributed by atoms with Gasteiger partial charge < -0.3 is 10.2 Å². The number of carbonyl (C=O) groups is 1.